The van der Waals surface area contributed by atoms with E-state index in [2.05, 4.69) is 27.1 Å². The molecule has 1 N–H and O–H groups in total. The van der Waals surface area contributed by atoms with Crippen LogP contribution < -0.4 is 15.0 Å². The number of carbonyl (C=O) groups excluding carboxylic acids is 1. The van der Waals surface area contributed by atoms with Crippen molar-refractivity contribution in [3.05, 3.63) is 42.4 Å². The van der Waals surface area contributed by atoms with Crippen molar-refractivity contribution in [3.8, 4) is 5.75 Å². The predicted octanol–water partition coefficient (Wildman–Crippen LogP) is 2.97. The maximum absolute atomic E-state index is 12.5. The van der Waals surface area contributed by atoms with Gasteiger partial charge in [-0.25, -0.2) is 9.97 Å². The van der Waals surface area contributed by atoms with Gasteiger partial charge in [0.05, 0.1) is 12.8 Å². The van der Waals surface area contributed by atoms with Gasteiger partial charge in [-0.05, 0) is 30.9 Å². The zero-order valence-corrected chi connectivity index (χ0v) is 14.0. The van der Waals surface area contributed by atoms with Gasteiger partial charge in [-0.3, -0.25) is 4.79 Å². The summed E-state index contributed by atoms with van der Waals surface area (Å²) >= 11 is 0. The zero-order chi connectivity index (χ0) is 16.9. The maximum Gasteiger partial charge on any atom is 0.274 e. The highest BCUT2D eigenvalue weighted by Crippen LogP contribution is 2.24. The lowest BCUT2D eigenvalue weighted by Gasteiger charge is -2.31. The first-order valence-electron chi connectivity index (χ1n) is 8.18. The van der Waals surface area contributed by atoms with Crippen molar-refractivity contribution in [2.75, 3.05) is 30.4 Å². The summed E-state index contributed by atoms with van der Waals surface area (Å²) in [4.78, 5) is 23.2. The van der Waals surface area contributed by atoms with Crippen molar-refractivity contribution in [1.82, 2.24) is 9.97 Å². The summed E-state index contributed by atoms with van der Waals surface area (Å²) < 4.78 is 5.26. The molecule has 2 heterocycles. The van der Waals surface area contributed by atoms with E-state index in [9.17, 15) is 4.79 Å². The Morgan fingerprint density at radius 1 is 1.33 bits per heavy atom. The van der Waals surface area contributed by atoms with E-state index in [0.29, 0.717) is 23.0 Å². The van der Waals surface area contributed by atoms with E-state index in [1.807, 2.05) is 12.1 Å². The minimum Gasteiger partial charge on any atom is -0.495 e. The molecule has 1 aliphatic heterocycles. The second kappa shape index (κ2) is 7.29. The first kappa shape index (κ1) is 16.2. The lowest BCUT2D eigenvalue weighted by Crippen LogP contribution is -2.35. The van der Waals surface area contributed by atoms with Gasteiger partial charge in [0, 0.05) is 19.2 Å². The van der Waals surface area contributed by atoms with Crippen molar-refractivity contribution >= 4 is 17.4 Å². The number of nitrogens with one attached hydrogen (secondary N) is 1. The average molecular weight is 326 g/mol. The number of methoxy groups -OCH3 is 1. The number of ether oxygens (including phenoxy) is 1. The number of hydrogen-bond donors (Lipinski definition) is 1. The summed E-state index contributed by atoms with van der Waals surface area (Å²) in [6.07, 6.45) is 3.84. The lowest BCUT2D eigenvalue weighted by molar-refractivity contribution is 0.102. The van der Waals surface area contributed by atoms with Gasteiger partial charge in [-0.15, -0.1) is 0 Å². The highest BCUT2D eigenvalue weighted by molar-refractivity contribution is 6.04. The van der Waals surface area contributed by atoms with Crippen LogP contribution in [0.15, 0.2) is 36.7 Å². The molecule has 1 unspecified atom stereocenters. The highest BCUT2D eigenvalue weighted by Gasteiger charge is 2.19. The number of hydrogen-bond acceptors (Lipinski definition) is 5. The fraction of sp³-hybridized carbons (Fsp3) is 0.389. The van der Waals surface area contributed by atoms with Gasteiger partial charge < -0.3 is 15.0 Å². The van der Waals surface area contributed by atoms with Gasteiger partial charge in [0.2, 0.25) is 0 Å². The molecule has 1 fully saturated rings. The number of nitrogens with zero attached hydrogens (tertiary/aromatic N) is 3. The van der Waals surface area contributed by atoms with Gasteiger partial charge in [0.1, 0.15) is 23.6 Å². The van der Waals surface area contributed by atoms with Gasteiger partial charge in [-0.1, -0.05) is 19.1 Å². The van der Waals surface area contributed by atoms with Crippen LogP contribution in [-0.4, -0.2) is 36.1 Å². The molecule has 6 nitrogen and oxygen atoms in total. The Morgan fingerprint density at radius 2 is 2.17 bits per heavy atom. The van der Waals surface area contributed by atoms with Gasteiger partial charge >= 0.3 is 0 Å². The number of piperidine rings is 1. The van der Waals surface area contributed by atoms with Gasteiger partial charge in [0.25, 0.3) is 5.91 Å². The van der Waals surface area contributed by atoms with Crippen LogP contribution in [0.25, 0.3) is 0 Å². The monoisotopic (exact) mass is 326 g/mol. The Labute approximate surface area is 141 Å². The molecule has 0 bridgehead atoms. The van der Waals surface area contributed by atoms with E-state index in [1.54, 1.807) is 25.3 Å². The molecule has 1 aromatic heterocycles. The van der Waals surface area contributed by atoms with Crippen LogP contribution in [0, 0.1) is 5.92 Å². The molecule has 1 atom stereocenters. The molecule has 3 rings (SSSR count). The van der Waals surface area contributed by atoms with Crippen molar-refractivity contribution in [3.63, 3.8) is 0 Å². The minimum atomic E-state index is -0.270. The van der Waals surface area contributed by atoms with Crippen molar-refractivity contribution in [2.24, 2.45) is 5.92 Å². The van der Waals surface area contributed by atoms with Gasteiger partial charge in [-0.2, -0.15) is 0 Å². The van der Waals surface area contributed by atoms with Crippen LogP contribution in [0.5, 0.6) is 5.75 Å². The molecule has 1 aliphatic rings. The summed E-state index contributed by atoms with van der Waals surface area (Å²) in [5.41, 5.74) is 0.973. The Hall–Kier alpha value is -2.63. The summed E-state index contributed by atoms with van der Waals surface area (Å²) in [6, 6.07) is 9.05. The standard InChI is InChI=1S/C18H22N4O2/c1-13-6-5-9-22(11-13)17-10-15(19-12-20-17)18(23)21-14-7-3-4-8-16(14)24-2/h3-4,7-8,10,12-13H,5-6,9,11H2,1-2H3,(H,21,23). The van der Waals surface area contributed by atoms with Gasteiger partial charge in [0.15, 0.2) is 0 Å². The van der Waals surface area contributed by atoms with Crippen LogP contribution >= 0.6 is 0 Å². The van der Waals surface area contributed by atoms with E-state index in [-0.39, 0.29) is 5.91 Å². The van der Waals surface area contributed by atoms with Crippen molar-refractivity contribution in [1.29, 1.82) is 0 Å². The van der Waals surface area contributed by atoms with Crippen molar-refractivity contribution in [2.45, 2.75) is 19.8 Å². The summed E-state index contributed by atoms with van der Waals surface area (Å²) in [6.45, 7) is 4.17. The number of rotatable bonds is 4. The molecule has 0 saturated carbocycles. The molecular formula is C18H22N4O2. The maximum atomic E-state index is 12.5. The second-order valence-corrected chi connectivity index (χ2v) is 6.11. The van der Waals surface area contributed by atoms with E-state index >= 15 is 0 Å². The molecule has 1 saturated heterocycles. The number of amides is 1. The quantitative estimate of drug-likeness (QED) is 0.935. The second-order valence-electron chi connectivity index (χ2n) is 6.11. The fourth-order valence-electron chi connectivity index (χ4n) is 2.98. The molecule has 0 spiro atoms. The lowest BCUT2D eigenvalue weighted by atomic mass is 10.0. The molecule has 0 aliphatic carbocycles. The molecule has 0 radical (unpaired) electrons. The van der Waals surface area contributed by atoms with E-state index in [0.717, 1.165) is 25.3 Å². The highest BCUT2D eigenvalue weighted by atomic mass is 16.5. The molecule has 24 heavy (non-hydrogen) atoms. The smallest absolute Gasteiger partial charge is 0.274 e. The number of para-hydroxylation sites is 2. The Kier molecular flexibility index (Phi) is 4.93. The van der Waals surface area contributed by atoms with Crippen molar-refractivity contribution < 1.29 is 9.53 Å². The topological polar surface area (TPSA) is 67.3 Å². The first-order valence-corrected chi connectivity index (χ1v) is 8.18. The number of anilines is 2. The largest absolute Gasteiger partial charge is 0.495 e. The molecule has 1 aromatic carbocycles. The summed E-state index contributed by atoms with van der Waals surface area (Å²) in [7, 11) is 1.57. The minimum absolute atomic E-state index is 0.270. The third-order valence-corrected chi connectivity index (χ3v) is 4.22. The zero-order valence-electron chi connectivity index (χ0n) is 14.0. The SMILES string of the molecule is COc1ccccc1NC(=O)c1cc(N2CCCC(C)C2)ncn1. The van der Waals surface area contributed by atoms with Crippen LogP contribution in [0.2, 0.25) is 0 Å². The fourth-order valence-corrected chi connectivity index (χ4v) is 2.98. The average Bonchev–Trinajstić information content (AvgIpc) is 2.62. The third kappa shape index (κ3) is 3.64. The molecule has 1 amide bonds. The van der Waals surface area contributed by atoms with E-state index in [1.165, 1.54) is 12.7 Å². The normalized spacial score (nSPS) is 17.4. The van der Waals surface area contributed by atoms with Crippen LogP contribution in [0.3, 0.4) is 0 Å². The number of carbonyl (C=O) groups is 1. The number of aromatic nitrogens is 2. The number of benzene rings is 1. The molecule has 6 heteroatoms. The Bertz CT molecular complexity index is 720. The molecule has 2 aromatic rings. The summed E-state index contributed by atoms with van der Waals surface area (Å²) in [5, 5.41) is 2.84. The Morgan fingerprint density at radius 3 is 2.96 bits per heavy atom. The van der Waals surface area contributed by atoms with Crippen LogP contribution in [0.1, 0.15) is 30.3 Å². The third-order valence-electron chi connectivity index (χ3n) is 4.22. The van der Waals surface area contributed by atoms with Crippen LogP contribution in [0.4, 0.5) is 11.5 Å². The summed E-state index contributed by atoms with van der Waals surface area (Å²) in [5.74, 6) is 1.79. The first-order chi connectivity index (χ1) is 11.7. The van der Waals surface area contributed by atoms with Crippen LogP contribution in [-0.2, 0) is 0 Å². The van der Waals surface area contributed by atoms with E-state index < -0.39 is 0 Å². The Balaban J connectivity index is 1.77. The molecular weight excluding hydrogens is 304 g/mol. The van der Waals surface area contributed by atoms with E-state index in [4.69, 9.17) is 4.74 Å². The predicted molar refractivity (Wildman–Crippen MR) is 93.6 cm³/mol. The molecule has 126 valence electrons.